The quantitative estimate of drug-likeness (QED) is 0.939. The molecule has 4 heteroatoms. The number of benzene rings is 2. The first-order chi connectivity index (χ1) is 10.3. The van der Waals surface area contributed by atoms with E-state index in [9.17, 15) is 9.50 Å². The molecule has 3 rings (SSSR count). The average Bonchev–Trinajstić information content (AvgIpc) is 2.55. The summed E-state index contributed by atoms with van der Waals surface area (Å²) in [5.74, 6) is -0.255. The smallest absolute Gasteiger partial charge is 0.146 e. The summed E-state index contributed by atoms with van der Waals surface area (Å²) in [5, 5.41) is 9.40. The lowest BCUT2D eigenvalue weighted by Gasteiger charge is -2.38. The van der Waals surface area contributed by atoms with Gasteiger partial charge in [0.05, 0.1) is 12.3 Å². The van der Waals surface area contributed by atoms with Crippen LogP contribution in [0.1, 0.15) is 5.56 Å². The molecule has 110 valence electrons. The molecule has 1 saturated heterocycles. The molecular weight excluding hydrogens is 267 g/mol. The third kappa shape index (κ3) is 2.85. The SMILES string of the molecule is OCc1cccc(F)c1N1CCN(c2ccccc2)CC1. The van der Waals surface area contributed by atoms with Crippen LogP contribution in [-0.4, -0.2) is 31.3 Å². The van der Waals surface area contributed by atoms with Gasteiger partial charge in [-0.15, -0.1) is 0 Å². The Morgan fingerprint density at radius 3 is 2.19 bits per heavy atom. The molecule has 0 aromatic heterocycles. The number of piperazine rings is 1. The van der Waals surface area contributed by atoms with Crippen molar-refractivity contribution in [1.29, 1.82) is 0 Å². The highest BCUT2D eigenvalue weighted by atomic mass is 19.1. The van der Waals surface area contributed by atoms with E-state index in [4.69, 9.17) is 0 Å². The topological polar surface area (TPSA) is 26.7 Å². The van der Waals surface area contributed by atoms with E-state index in [2.05, 4.69) is 17.0 Å². The Morgan fingerprint density at radius 1 is 0.857 bits per heavy atom. The van der Waals surface area contributed by atoms with Gasteiger partial charge in [0.25, 0.3) is 0 Å². The van der Waals surface area contributed by atoms with E-state index in [0.717, 1.165) is 26.2 Å². The minimum Gasteiger partial charge on any atom is -0.392 e. The lowest BCUT2D eigenvalue weighted by atomic mass is 10.1. The van der Waals surface area contributed by atoms with Crippen LogP contribution in [0.15, 0.2) is 48.5 Å². The number of nitrogens with zero attached hydrogens (tertiary/aromatic N) is 2. The molecule has 0 saturated carbocycles. The summed E-state index contributed by atoms with van der Waals surface area (Å²) in [6.45, 7) is 3.07. The number of aliphatic hydroxyl groups excluding tert-OH is 1. The van der Waals surface area contributed by atoms with Gasteiger partial charge in [0.2, 0.25) is 0 Å². The second kappa shape index (κ2) is 6.14. The molecule has 2 aromatic carbocycles. The van der Waals surface area contributed by atoms with Crippen molar-refractivity contribution in [2.24, 2.45) is 0 Å². The van der Waals surface area contributed by atoms with Gasteiger partial charge in [-0.3, -0.25) is 0 Å². The van der Waals surface area contributed by atoms with Crippen LogP contribution in [0.2, 0.25) is 0 Å². The van der Waals surface area contributed by atoms with Gasteiger partial charge in [0.15, 0.2) is 0 Å². The van der Waals surface area contributed by atoms with Gasteiger partial charge >= 0.3 is 0 Å². The number of rotatable bonds is 3. The van der Waals surface area contributed by atoms with Gasteiger partial charge in [-0.1, -0.05) is 30.3 Å². The van der Waals surface area contributed by atoms with Gasteiger partial charge < -0.3 is 14.9 Å². The van der Waals surface area contributed by atoms with Crippen LogP contribution in [0.4, 0.5) is 15.8 Å². The highest BCUT2D eigenvalue weighted by Gasteiger charge is 2.21. The van der Waals surface area contributed by atoms with Crippen molar-refractivity contribution in [3.05, 3.63) is 59.9 Å². The molecule has 1 heterocycles. The molecule has 0 aliphatic carbocycles. The van der Waals surface area contributed by atoms with E-state index in [0.29, 0.717) is 11.3 Å². The fourth-order valence-corrected chi connectivity index (χ4v) is 2.87. The second-order valence-electron chi connectivity index (χ2n) is 5.22. The number of para-hydroxylation sites is 2. The minimum absolute atomic E-state index is 0.133. The highest BCUT2D eigenvalue weighted by Crippen LogP contribution is 2.26. The van der Waals surface area contributed by atoms with Gasteiger partial charge in [-0.25, -0.2) is 4.39 Å². The van der Waals surface area contributed by atoms with Crippen LogP contribution < -0.4 is 9.80 Å². The van der Waals surface area contributed by atoms with E-state index < -0.39 is 0 Å². The summed E-state index contributed by atoms with van der Waals surface area (Å²) in [4.78, 5) is 4.33. The molecule has 0 amide bonds. The van der Waals surface area contributed by atoms with Gasteiger partial charge in [-0.2, -0.15) is 0 Å². The zero-order valence-corrected chi connectivity index (χ0v) is 11.9. The van der Waals surface area contributed by atoms with Crippen LogP contribution in [0.5, 0.6) is 0 Å². The van der Waals surface area contributed by atoms with Gasteiger partial charge in [0.1, 0.15) is 5.82 Å². The van der Waals surface area contributed by atoms with E-state index >= 15 is 0 Å². The minimum atomic E-state index is -0.255. The zero-order valence-electron chi connectivity index (χ0n) is 11.9. The third-order valence-corrected chi connectivity index (χ3v) is 3.96. The molecule has 0 spiro atoms. The molecule has 21 heavy (non-hydrogen) atoms. The van der Waals surface area contributed by atoms with Crippen molar-refractivity contribution < 1.29 is 9.50 Å². The number of anilines is 2. The zero-order chi connectivity index (χ0) is 14.7. The van der Waals surface area contributed by atoms with Crippen molar-refractivity contribution in [3.8, 4) is 0 Å². The molecular formula is C17H19FN2O. The Bertz CT molecular complexity index is 595. The van der Waals surface area contributed by atoms with Gasteiger partial charge in [0, 0.05) is 37.4 Å². The molecule has 1 fully saturated rings. The third-order valence-electron chi connectivity index (χ3n) is 3.96. The van der Waals surface area contributed by atoms with Crippen molar-refractivity contribution in [2.45, 2.75) is 6.61 Å². The average molecular weight is 286 g/mol. The second-order valence-corrected chi connectivity index (χ2v) is 5.22. The van der Waals surface area contributed by atoms with Gasteiger partial charge in [-0.05, 0) is 18.2 Å². The van der Waals surface area contributed by atoms with Crippen LogP contribution >= 0.6 is 0 Å². The molecule has 3 nitrogen and oxygen atoms in total. The van der Waals surface area contributed by atoms with Crippen LogP contribution in [0, 0.1) is 5.82 Å². The van der Waals surface area contributed by atoms with Crippen LogP contribution in [0.3, 0.4) is 0 Å². The predicted molar refractivity (Wildman–Crippen MR) is 83.2 cm³/mol. The Labute approximate surface area is 124 Å². The Kier molecular flexibility index (Phi) is 4.06. The molecule has 1 N–H and O–H groups in total. The largest absolute Gasteiger partial charge is 0.392 e. The van der Waals surface area contributed by atoms with E-state index in [1.807, 2.05) is 23.1 Å². The summed E-state index contributed by atoms with van der Waals surface area (Å²) >= 11 is 0. The molecule has 0 radical (unpaired) electrons. The Morgan fingerprint density at radius 2 is 1.52 bits per heavy atom. The van der Waals surface area contributed by atoms with Crippen molar-refractivity contribution in [2.75, 3.05) is 36.0 Å². The maximum atomic E-state index is 14.1. The van der Waals surface area contributed by atoms with Crippen LogP contribution in [-0.2, 0) is 6.61 Å². The lowest BCUT2D eigenvalue weighted by molar-refractivity contribution is 0.281. The first-order valence-corrected chi connectivity index (χ1v) is 7.23. The molecule has 2 aromatic rings. The van der Waals surface area contributed by atoms with Crippen molar-refractivity contribution in [1.82, 2.24) is 0 Å². The fourth-order valence-electron chi connectivity index (χ4n) is 2.87. The first-order valence-electron chi connectivity index (χ1n) is 7.23. The van der Waals surface area contributed by atoms with E-state index in [1.165, 1.54) is 11.8 Å². The molecule has 1 aliphatic heterocycles. The standard InChI is InChI=1S/C17H19FN2O/c18-16-8-4-5-14(13-21)17(16)20-11-9-19(10-12-20)15-6-2-1-3-7-15/h1-8,21H,9-13H2. The van der Waals surface area contributed by atoms with Crippen LogP contribution in [0.25, 0.3) is 0 Å². The maximum absolute atomic E-state index is 14.1. The summed E-state index contributed by atoms with van der Waals surface area (Å²) in [7, 11) is 0. The van der Waals surface area contributed by atoms with E-state index in [-0.39, 0.29) is 12.4 Å². The summed E-state index contributed by atoms with van der Waals surface area (Å²) < 4.78 is 14.1. The first kappa shape index (κ1) is 13.9. The number of aliphatic hydroxyl groups is 1. The molecule has 0 atom stereocenters. The fraction of sp³-hybridized carbons (Fsp3) is 0.294. The molecule has 1 aliphatic rings. The number of hydrogen-bond donors (Lipinski definition) is 1. The Hall–Kier alpha value is -2.07. The maximum Gasteiger partial charge on any atom is 0.146 e. The predicted octanol–water partition coefficient (Wildman–Crippen LogP) is 2.64. The summed E-state index contributed by atoms with van der Waals surface area (Å²) in [6, 6.07) is 15.1. The van der Waals surface area contributed by atoms with E-state index in [1.54, 1.807) is 12.1 Å². The highest BCUT2D eigenvalue weighted by molar-refractivity contribution is 5.57. The summed E-state index contributed by atoms with van der Waals surface area (Å²) in [5.41, 5.74) is 2.41. The van der Waals surface area contributed by atoms with Crippen molar-refractivity contribution >= 4 is 11.4 Å². The lowest BCUT2D eigenvalue weighted by Crippen LogP contribution is -2.47. The Balaban J connectivity index is 1.75. The van der Waals surface area contributed by atoms with Crippen molar-refractivity contribution in [3.63, 3.8) is 0 Å². The normalized spacial score (nSPS) is 15.3. The monoisotopic (exact) mass is 286 g/mol. The molecule has 0 unspecified atom stereocenters. The number of hydrogen-bond acceptors (Lipinski definition) is 3. The molecule has 0 bridgehead atoms. The summed E-state index contributed by atoms with van der Waals surface area (Å²) in [6.07, 6.45) is 0. The number of halogens is 1.